The average molecular weight is 267 g/mol. The molecule has 19 heavy (non-hydrogen) atoms. The predicted molar refractivity (Wildman–Crippen MR) is 69.7 cm³/mol. The molecule has 6 nitrogen and oxygen atoms in total. The van der Waals surface area contributed by atoms with Gasteiger partial charge in [-0.05, 0) is 31.9 Å². The molecular weight excluding hydrogens is 250 g/mol. The molecule has 104 valence electrons. The molecule has 0 amide bonds. The van der Waals surface area contributed by atoms with Crippen LogP contribution in [-0.4, -0.2) is 24.4 Å². The summed E-state index contributed by atoms with van der Waals surface area (Å²) in [5.74, 6) is 0.782. The molecule has 0 atom stereocenters. The fraction of sp³-hybridized carbons (Fsp3) is 0.462. The zero-order valence-corrected chi connectivity index (χ0v) is 11.0. The van der Waals surface area contributed by atoms with Crippen molar-refractivity contribution < 1.29 is 19.2 Å². The van der Waals surface area contributed by atoms with Gasteiger partial charge >= 0.3 is 5.69 Å². The van der Waals surface area contributed by atoms with Crippen molar-refractivity contribution in [1.82, 2.24) is 0 Å². The molecule has 0 unspecified atom stereocenters. The van der Waals surface area contributed by atoms with Gasteiger partial charge in [0, 0.05) is 6.42 Å². The predicted octanol–water partition coefficient (Wildman–Crippen LogP) is 2.74. The number of benzene rings is 1. The summed E-state index contributed by atoms with van der Waals surface area (Å²) < 4.78 is 10.3. The van der Waals surface area contributed by atoms with E-state index in [-0.39, 0.29) is 17.2 Å². The first-order valence-corrected chi connectivity index (χ1v) is 5.99. The molecule has 0 saturated carbocycles. The molecule has 0 aromatic heterocycles. The van der Waals surface area contributed by atoms with Gasteiger partial charge in [0.1, 0.15) is 11.5 Å². The molecule has 0 aliphatic carbocycles. The van der Waals surface area contributed by atoms with Crippen molar-refractivity contribution in [1.29, 1.82) is 0 Å². The second kappa shape index (κ2) is 7.35. The Kier molecular flexibility index (Phi) is 5.78. The van der Waals surface area contributed by atoms with Crippen LogP contribution >= 0.6 is 0 Å². The molecule has 0 saturated heterocycles. The summed E-state index contributed by atoms with van der Waals surface area (Å²) in [6, 6.07) is 4.46. The normalized spacial score (nSPS) is 10.0. The van der Waals surface area contributed by atoms with Crippen molar-refractivity contribution in [2.75, 3.05) is 13.7 Å². The highest BCUT2D eigenvalue weighted by Gasteiger charge is 2.15. The van der Waals surface area contributed by atoms with Gasteiger partial charge in [0.2, 0.25) is 0 Å². The minimum Gasteiger partial charge on any atom is -0.493 e. The lowest BCUT2D eigenvalue weighted by molar-refractivity contribution is -0.385. The van der Waals surface area contributed by atoms with Gasteiger partial charge in [-0.3, -0.25) is 10.1 Å². The molecule has 0 bridgehead atoms. The van der Waals surface area contributed by atoms with E-state index in [0.717, 1.165) is 12.8 Å². The van der Waals surface area contributed by atoms with Gasteiger partial charge in [0.05, 0.1) is 24.7 Å². The Hall–Kier alpha value is -2.11. The number of ether oxygens (including phenoxy) is 2. The summed E-state index contributed by atoms with van der Waals surface area (Å²) in [4.78, 5) is 21.0. The van der Waals surface area contributed by atoms with Crippen LogP contribution in [0.1, 0.15) is 26.2 Å². The Morgan fingerprint density at radius 3 is 2.68 bits per heavy atom. The number of hydrogen-bond acceptors (Lipinski definition) is 5. The lowest BCUT2D eigenvalue weighted by atomic mass is 10.2. The minimum atomic E-state index is -0.512. The highest BCUT2D eigenvalue weighted by atomic mass is 16.6. The maximum atomic E-state index is 10.8. The number of ketones is 1. The number of unbranched alkanes of at least 4 members (excludes halogenated alkanes) is 1. The van der Waals surface area contributed by atoms with Crippen molar-refractivity contribution in [3.05, 3.63) is 28.3 Å². The number of Topliss-reactive ketones (excluding diaryl/α,β-unsaturated/α-hetero) is 1. The topological polar surface area (TPSA) is 78.7 Å². The maximum Gasteiger partial charge on any atom is 0.314 e. The summed E-state index contributed by atoms with van der Waals surface area (Å²) in [5.41, 5.74) is -0.122. The maximum absolute atomic E-state index is 10.8. The van der Waals surface area contributed by atoms with E-state index >= 15 is 0 Å². The fourth-order valence-corrected chi connectivity index (χ4v) is 1.57. The molecule has 6 heteroatoms. The first-order valence-electron chi connectivity index (χ1n) is 5.99. The van der Waals surface area contributed by atoms with E-state index in [1.807, 2.05) is 0 Å². The van der Waals surface area contributed by atoms with Crippen LogP contribution < -0.4 is 9.47 Å². The third-order valence-corrected chi connectivity index (χ3v) is 2.54. The number of carbonyl (C=O) groups is 1. The summed E-state index contributed by atoms with van der Waals surface area (Å²) in [7, 11) is 1.38. The standard InChI is InChI=1S/C13H17NO5/c1-10(15)5-3-4-8-19-11-6-7-13(18-2)12(9-11)14(16)17/h6-7,9H,3-5,8H2,1-2H3. The zero-order valence-electron chi connectivity index (χ0n) is 11.0. The molecule has 1 aromatic rings. The third kappa shape index (κ3) is 4.95. The van der Waals surface area contributed by atoms with Gasteiger partial charge < -0.3 is 14.3 Å². The Morgan fingerprint density at radius 1 is 1.37 bits per heavy atom. The molecule has 0 heterocycles. The molecule has 0 N–H and O–H groups in total. The number of carbonyl (C=O) groups excluding carboxylic acids is 1. The van der Waals surface area contributed by atoms with Gasteiger partial charge in [-0.2, -0.15) is 0 Å². The van der Waals surface area contributed by atoms with E-state index in [9.17, 15) is 14.9 Å². The highest BCUT2D eigenvalue weighted by Crippen LogP contribution is 2.30. The van der Waals surface area contributed by atoms with Crippen LogP contribution in [0, 0.1) is 10.1 Å². The average Bonchev–Trinajstić information content (AvgIpc) is 2.37. The van der Waals surface area contributed by atoms with Gasteiger partial charge in [-0.25, -0.2) is 0 Å². The summed E-state index contributed by atoms with van der Waals surface area (Å²) in [6.07, 6.45) is 2.03. The van der Waals surface area contributed by atoms with Crippen LogP contribution in [0.3, 0.4) is 0 Å². The number of rotatable bonds is 8. The van der Waals surface area contributed by atoms with Crippen LogP contribution in [0.15, 0.2) is 18.2 Å². The molecular formula is C13H17NO5. The number of nitro benzene ring substituents is 1. The minimum absolute atomic E-state index is 0.122. The van der Waals surface area contributed by atoms with Crippen molar-refractivity contribution in [2.45, 2.75) is 26.2 Å². The summed E-state index contributed by atoms with van der Waals surface area (Å²) in [6.45, 7) is 1.98. The van der Waals surface area contributed by atoms with E-state index in [4.69, 9.17) is 9.47 Å². The number of nitrogens with zero attached hydrogens (tertiary/aromatic N) is 1. The lowest BCUT2D eigenvalue weighted by Crippen LogP contribution is -2.00. The van der Waals surface area contributed by atoms with E-state index in [1.165, 1.54) is 19.2 Å². The third-order valence-electron chi connectivity index (χ3n) is 2.54. The second-order valence-electron chi connectivity index (χ2n) is 4.10. The van der Waals surface area contributed by atoms with Gasteiger partial charge in [-0.1, -0.05) is 0 Å². The quantitative estimate of drug-likeness (QED) is 0.411. The van der Waals surface area contributed by atoms with E-state index < -0.39 is 4.92 Å². The van der Waals surface area contributed by atoms with Crippen LogP contribution in [0.4, 0.5) is 5.69 Å². The van der Waals surface area contributed by atoms with Gasteiger partial charge in [-0.15, -0.1) is 0 Å². The van der Waals surface area contributed by atoms with E-state index in [0.29, 0.717) is 18.8 Å². The molecule has 0 spiro atoms. The van der Waals surface area contributed by atoms with Crippen LogP contribution in [0.25, 0.3) is 0 Å². The Balaban J connectivity index is 2.53. The van der Waals surface area contributed by atoms with Crippen LogP contribution in [0.2, 0.25) is 0 Å². The van der Waals surface area contributed by atoms with Gasteiger partial charge in [0.25, 0.3) is 0 Å². The van der Waals surface area contributed by atoms with Crippen molar-refractivity contribution >= 4 is 11.5 Å². The Morgan fingerprint density at radius 2 is 2.11 bits per heavy atom. The van der Waals surface area contributed by atoms with Crippen molar-refractivity contribution in [3.63, 3.8) is 0 Å². The zero-order chi connectivity index (χ0) is 14.3. The molecule has 0 fully saturated rings. The van der Waals surface area contributed by atoms with Crippen molar-refractivity contribution in [2.24, 2.45) is 0 Å². The molecule has 0 radical (unpaired) electrons. The first kappa shape index (κ1) is 14.9. The Bertz CT molecular complexity index is 458. The number of nitro groups is 1. The Labute approximate surface area is 111 Å². The summed E-state index contributed by atoms with van der Waals surface area (Å²) >= 11 is 0. The second-order valence-corrected chi connectivity index (χ2v) is 4.10. The smallest absolute Gasteiger partial charge is 0.314 e. The SMILES string of the molecule is COc1ccc(OCCCCC(C)=O)cc1[N+](=O)[O-]. The monoisotopic (exact) mass is 267 g/mol. The number of methoxy groups -OCH3 is 1. The molecule has 1 aromatic carbocycles. The van der Waals surface area contributed by atoms with Crippen LogP contribution in [0.5, 0.6) is 11.5 Å². The van der Waals surface area contributed by atoms with Crippen LogP contribution in [-0.2, 0) is 4.79 Å². The van der Waals surface area contributed by atoms with E-state index in [2.05, 4.69) is 0 Å². The molecule has 0 aliphatic heterocycles. The summed E-state index contributed by atoms with van der Waals surface area (Å²) in [5, 5.41) is 10.8. The van der Waals surface area contributed by atoms with E-state index in [1.54, 1.807) is 13.0 Å². The lowest BCUT2D eigenvalue weighted by Gasteiger charge is -2.07. The largest absolute Gasteiger partial charge is 0.493 e. The fourth-order valence-electron chi connectivity index (χ4n) is 1.57. The first-order chi connectivity index (χ1) is 9.04. The number of hydrogen-bond donors (Lipinski definition) is 0. The van der Waals surface area contributed by atoms with Gasteiger partial charge in [0.15, 0.2) is 5.75 Å². The van der Waals surface area contributed by atoms with Crippen molar-refractivity contribution in [3.8, 4) is 11.5 Å². The molecule has 1 rings (SSSR count). The highest BCUT2D eigenvalue weighted by molar-refractivity contribution is 5.75. The molecule has 0 aliphatic rings.